The Hall–Kier alpha value is -3.74. The van der Waals surface area contributed by atoms with Gasteiger partial charge in [0.2, 0.25) is 17.7 Å². The molecule has 0 fully saturated rings. The number of methoxy groups -OCH3 is 2. The summed E-state index contributed by atoms with van der Waals surface area (Å²) in [5, 5.41) is 20.7. The molecule has 0 saturated carbocycles. The number of nitrogens with one attached hydrogen (secondary N) is 3. The molecule has 12 nitrogen and oxygen atoms in total. The number of nitrogens with zero attached hydrogens (tertiary/aromatic N) is 2. The third kappa shape index (κ3) is 8.12. The average molecular weight is 562 g/mol. The first kappa shape index (κ1) is 29.8. The van der Waals surface area contributed by atoms with E-state index in [1.54, 1.807) is 32.2 Å². The first-order valence-electron chi connectivity index (χ1n) is 12.6. The van der Waals surface area contributed by atoms with E-state index < -0.39 is 29.3 Å². The summed E-state index contributed by atoms with van der Waals surface area (Å²) in [6, 6.07) is 0.819. The maximum absolute atomic E-state index is 12.7. The number of aromatic nitrogens is 2. The number of ether oxygens (including phenoxy) is 2. The minimum absolute atomic E-state index is 0.0303. The van der Waals surface area contributed by atoms with Gasteiger partial charge in [0.05, 0.1) is 25.3 Å². The largest absolute Gasteiger partial charge is 0.493 e. The fourth-order valence-electron chi connectivity index (χ4n) is 3.93. The summed E-state index contributed by atoms with van der Waals surface area (Å²) in [5.41, 5.74) is 0.403. The Bertz CT molecular complexity index is 1220. The molecule has 0 aliphatic carbocycles. The van der Waals surface area contributed by atoms with Gasteiger partial charge in [-0.05, 0) is 37.7 Å². The zero-order chi connectivity index (χ0) is 28.7. The van der Waals surface area contributed by atoms with E-state index in [2.05, 4.69) is 30.7 Å². The monoisotopic (exact) mass is 561 g/mol. The Balaban J connectivity index is 1.56. The van der Waals surface area contributed by atoms with Gasteiger partial charge < -0.3 is 25.2 Å². The molecule has 2 atom stereocenters. The predicted octanol–water partition coefficient (Wildman–Crippen LogP) is 2.67. The molecule has 0 radical (unpaired) electrons. The molecule has 39 heavy (non-hydrogen) atoms. The number of hydrogen-bond acceptors (Lipinski definition) is 11. The molecule has 3 rings (SSSR count). The van der Waals surface area contributed by atoms with Crippen molar-refractivity contribution in [3.8, 4) is 5.88 Å². The number of aromatic hydroxyl groups is 1. The van der Waals surface area contributed by atoms with E-state index in [0.717, 1.165) is 11.3 Å². The van der Waals surface area contributed by atoms with Crippen LogP contribution in [0.15, 0.2) is 11.4 Å². The summed E-state index contributed by atoms with van der Waals surface area (Å²) in [5.74, 6) is -1.20. The van der Waals surface area contributed by atoms with Gasteiger partial charge in [-0.25, -0.2) is 4.79 Å². The van der Waals surface area contributed by atoms with Crippen molar-refractivity contribution in [2.24, 2.45) is 11.3 Å². The number of esters is 2. The highest BCUT2D eigenvalue weighted by atomic mass is 32.1. The second-order valence-electron chi connectivity index (χ2n) is 10.4. The summed E-state index contributed by atoms with van der Waals surface area (Å²) in [7, 11) is 2.47. The summed E-state index contributed by atoms with van der Waals surface area (Å²) in [4.78, 5) is 57.9. The molecule has 0 aromatic carbocycles. The average Bonchev–Trinajstić information content (AvgIpc) is 3.38. The molecule has 1 unspecified atom stereocenters. The number of anilines is 2. The third-order valence-corrected chi connectivity index (χ3v) is 7.31. The number of rotatable bonds is 10. The van der Waals surface area contributed by atoms with Crippen molar-refractivity contribution in [3.63, 3.8) is 0 Å². The number of thiophene rings is 1. The van der Waals surface area contributed by atoms with E-state index in [4.69, 9.17) is 4.74 Å². The highest BCUT2D eigenvalue weighted by Crippen LogP contribution is 2.32. The Labute approximate surface area is 230 Å². The highest BCUT2D eigenvalue weighted by molar-refractivity contribution is 7.10. The summed E-state index contributed by atoms with van der Waals surface area (Å²) >= 11 is 1.44. The third-order valence-electron chi connectivity index (χ3n) is 6.31. The van der Waals surface area contributed by atoms with E-state index in [0.29, 0.717) is 36.3 Å². The van der Waals surface area contributed by atoms with Crippen LogP contribution in [0.25, 0.3) is 0 Å². The SMILES string of the molecule is COC(=O)CC[C@@H](NC(=O)c1csc(CCC2CNc3nc(NC(=O)C(C)(C)C)nc(O)c3C2)c1)C(=O)OC. The van der Waals surface area contributed by atoms with Crippen molar-refractivity contribution >= 4 is 46.9 Å². The van der Waals surface area contributed by atoms with Crippen LogP contribution in [0.2, 0.25) is 0 Å². The number of aryl methyl sites for hydroxylation is 1. The van der Waals surface area contributed by atoms with Gasteiger partial charge >= 0.3 is 11.9 Å². The van der Waals surface area contributed by atoms with Crippen LogP contribution in [0.1, 0.15) is 60.8 Å². The minimum atomic E-state index is -0.962. The number of carbonyl (C=O) groups is 4. The van der Waals surface area contributed by atoms with Gasteiger partial charge in [-0.3, -0.25) is 19.7 Å². The number of carbonyl (C=O) groups excluding carboxylic acids is 4. The van der Waals surface area contributed by atoms with Crippen molar-refractivity contribution in [1.29, 1.82) is 0 Å². The molecule has 3 heterocycles. The lowest BCUT2D eigenvalue weighted by atomic mass is 9.92. The first-order chi connectivity index (χ1) is 18.4. The molecular weight excluding hydrogens is 526 g/mol. The van der Waals surface area contributed by atoms with Crippen LogP contribution in [-0.2, 0) is 36.7 Å². The Morgan fingerprint density at radius 2 is 1.95 bits per heavy atom. The van der Waals surface area contributed by atoms with E-state index in [-0.39, 0.29) is 36.5 Å². The maximum atomic E-state index is 12.7. The lowest BCUT2D eigenvalue weighted by Gasteiger charge is -2.26. The van der Waals surface area contributed by atoms with Gasteiger partial charge in [-0.1, -0.05) is 20.8 Å². The van der Waals surface area contributed by atoms with Gasteiger partial charge in [0, 0.05) is 28.6 Å². The van der Waals surface area contributed by atoms with Crippen LogP contribution < -0.4 is 16.0 Å². The lowest BCUT2D eigenvalue weighted by Crippen LogP contribution is -2.41. The quantitative estimate of drug-likeness (QED) is 0.316. The van der Waals surface area contributed by atoms with Crippen LogP contribution in [0.5, 0.6) is 5.88 Å². The highest BCUT2D eigenvalue weighted by Gasteiger charge is 2.27. The molecule has 1 aliphatic heterocycles. The van der Waals surface area contributed by atoms with Crippen LogP contribution in [-0.4, -0.2) is 65.6 Å². The van der Waals surface area contributed by atoms with E-state index in [9.17, 15) is 24.3 Å². The van der Waals surface area contributed by atoms with Gasteiger partial charge in [-0.15, -0.1) is 11.3 Å². The van der Waals surface area contributed by atoms with E-state index >= 15 is 0 Å². The van der Waals surface area contributed by atoms with Crippen molar-refractivity contribution in [1.82, 2.24) is 15.3 Å². The number of fused-ring (bicyclic) bond motifs is 1. The Morgan fingerprint density at radius 1 is 1.21 bits per heavy atom. The fourth-order valence-corrected chi connectivity index (χ4v) is 4.82. The fraction of sp³-hybridized carbons (Fsp3) is 0.538. The molecule has 212 valence electrons. The summed E-state index contributed by atoms with van der Waals surface area (Å²) in [6.07, 6.45) is 2.11. The molecule has 4 N–H and O–H groups in total. The second kappa shape index (κ2) is 12.9. The van der Waals surface area contributed by atoms with Crippen LogP contribution in [0.4, 0.5) is 11.8 Å². The maximum Gasteiger partial charge on any atom is 0.328 e. The smallest absolute Gasteiger partial charge is 0.328 e. The lowest BCUT2D eigenvalue weighted by molar-refractivity contribution is -0.144. The number of hydrogen-bond donors (Lipinski definition) is 4. The van der Waals surface area contributed by atoms with Gasteiger partial charge in [0.1, 0.15) is 11.9 Å². The molecule has 0 bridgehead atoms. The predicted molar refractivity (Wildman–Crippen MR) is 145 cm³/mol. The van der Waals surface area contributed by atoms with Gasteiger partial charge in [-0.2, -0.15) is 9.97 Å². The molecule has 2 amide bonds. The molecule has 0 spiro atoms. The first-order valence-corrected chi connectivity index (χ1v) is 13.5. The molecule has 1 aliphatic rings. The Kier molecular flexibility index (Phi) is 9.84. The molecule has 13 heteroatoms. The van der Waals surface area contributed by atoms with Gasteiger partial charge in [0.15, 0.2) is 0 Å². The van der Waals surface area contributed by atoms with Crippen LogP contribution >= 0.6 is 11.3 Å². The minimum Gasteiger partial charge on any atom is -0.493 e. The summed E-state index contributed by atoms with van der Waals surface area (Å²) < 4.78 is 9.34. The molecule has 2 aromatic rings. The van der Waals surface area contributed by atoms with Gasteiger partial charge in [0.25, 0.3) is 5.91 Å². The van der Waals surface area contributed by atoms with Crippen LogP contribution in [0, 0.1) is 11.3 Å². The zero-order valence-corrected chi connectivity index (χ0v) is 23.6. The van der Waals surface area contributed by atoms with E-state index in [1.807, 2.05) is 0 Å². The standard InChI is InChI=1S/C26H35N5O7S/c1-26(2,3)24(36)31-25-29-20-17(22(34)30-25)10-14(12-27-20)6-7-16-11-15(13-39-16)21(33)28-18(23(35)38-5)8-9-19(32)37-4/h11,13-14,18H,6-10,12H2,1-5H3,(H,28,33)(H3,27,29,30,31,34,36)/t14?,18-/m1/s1. The topological polar surface area (TPSA) is 169 Å². The molecule has 2 aromatic heterocycles. The zero-order valence-electron chi connectivity index (χ0n) is 22.8. The van der Waals surface area contributed by atoms with Crippen LogP contribution in [0.3, 0.4) is 0 Å². The van der Waals surface area contributed by atoms with Crippen molar-refractivity contribution < 1.29 is 33.8 Å². The molecule has 0 saturated heterocycles. The van der Waals surface area contributed by atoms with Crippen molar-refractivity contribution in [2.75, 3.05) is 31.4 Å². The normalized spacial score (nSPS) is 15.4. The Morgan fingerprint density at radius 3 is 2.62 bits per heavy atom. The van der Waals surface area contributed by atoms with Crippen molar-refractivity contribution in [2.45, 2.75) is 58.9 Å². The number of amides is 2. The van der Waals surface area contributed by atoms with Crippen molar-refractivity contribution in [3.05, 3.63) is 27.5 Å². The second-order valence-corrected chi connectivity index (χ2v) is 11.4. The molecular formula is C26H35N5O7S. The summed E-state index contributed by atoms with van der Waals surface area (Å²) in [6.45, 7) is 5.97. The van der Waals surface area contributed by atoms with E-state index in [1.165, 1.54) is 25.6 Å².